The molecule has 25 heavy (non-hydrogen) atoms. The van der Waals surface area contributed by atoms with Gasteiger partial charge in [0, 0.05) is 12.1 Å². The van der Waals surface area contributed by atoms with Crippen molar-refractivity contribution in [2.45, 2.75) is 25.0 Å². The van der Waals surface area contributed by atoms with E-state index in [2.05, 4.69) is 11.4 Å². The quantitative estimate of drug-likeness (QED) is 0.753. The number of fused-ring (bicyclic) bond motifs is 1. The monoisotopic (exact) mass is 353 g/mol. The van der Waals surface area contributed by atoms with E-state index in [9.17, 15) is 4.79 Å². The molecule has 2 atom stereocenters. The van der Waals surface area contributed by atoms with E-state index in [1.165, 1.54) is 0 Å². The first-order chi connectivity index (χ1) is 12.2. The van der Waals surface area contributed by atoms with Gasteiger partial charge in [-0.2, -0.15) is 0 Å². The summed E-state index contributed by atoms with van der Waals surface area (Å²) in [5, 5.41) is 3.89. The summed E-state index contributed by atoms with van der Waals surface area (Å²) in [6, 6.07) is 15.8. The number of benzene rings is 2. The van der Waals surface area contributed by atoms with Gasteiger partial charge in [0.2, 0.25) is 0 Å². The number of para-hydroxylation sites is 2. The number of nitrogens with zero attached hydrogens (tertiary/aromatic N) is 1. The van der Waals surface area contributed by atoms with Crippen molar-refractivity contribution in [1.82, 2.24) is 4.98 Å². The van der Waals surface area contributed by atoms with Crippen LogP contribution in [0.25, 0.3) is 20.8 Å². The second kappa shape index (κ2) is 6.92. The molecule has 3 aromatic rings. The van der Waals surface area contributed by atoms with Gasteiger partial charge >= 0.3 is 0 Å². The van der Waals surface area contributed by atoms with Crippen LogP contribution in [0.5, 0.6) is 0 Å². The topological polar surface area (TPSA) is 77.2 Å². The van der Waals surface area contributed by atoms with Crippen LogP contribution >= 0.6 is 11.3 Å². The highest BCUT2D eigenvalue weighted by molar-refractivity contribution is 7.21. The number of carbonyl (C=O) groups excluding carboxylic acids is 1. The maximum Gasteiger partial charge on any atom is 0.253 e. The molecule has 0 radical (unpaired) electrons. The molecule has 1 saturated heterocycles. The van der Waals surface area contributed by atoms with E-state index < -0.39 is 6.10 Å². The Labute approximate surface area is 149 Å². The molecule has 4 rings (SSSR count). The van der Waals surface area contributed by atoms with Gasteiger partial charge in [-0.05, 0) is 37.1 Å². The molecule has 0 saturated carbocycles. The van der Waals surface area contributed by atoms with Crippen LogP contribution in [0.3, 0.4) is 0 Å². The molecule has 128 valence electrons. The van der Waals surface area contributed by atoms with Crippen molar-refractivity contribution in [3.8, 4) is 10.6 Å². The van der Waals surface area contributed by atoms with Crippen molar-refractivity contribution in [3.05, 3.63) is 48.5 Å². The zero-order chi connectivity index (χ0) is 17.2. The predicted molar refractivity (Wildman–Crippen MR) is 101 cm³/mol. The van der Waals surface area contributed by atoms with Gasteiger partial charge in [-0.25, -0.2) is 4.98 Å². The highest BCUT2D eigenvalue weighted by Gasteiger charge is 2.30. The second-order valence-electron chi connectivity index (χ2n) is 6.08. The van der Waals surface area contributed by atoms with Crippen LogP contribution in [0, 0.1) is 0 Å². The second-order valence-corrected chi connectivity index (χ2v) is 7.11. The summed E-state index contributed by atoms with van der Waals surface area (Å²) >= 11 is 1.62. The van der Waals surface area contributed by atoms with Gasteiger partial charge in [0.15, 0.2) is 0 Å². The van der Waals surface area contributed by atoms with Crippen LogP contribution in [0.15, 0.2) is 48.5 Å². The molecule has 1 amide bonds. The van der Waals surface area contributed by atoms with E-state index in [1.54, 1.807) is 11.3 Å². The summed E-state index contributed by atoms with van der Waals surface area (Å²) in [4.78, 5) is 17.2. The number of aromatic nitrogens is 1. The number of nitrogens with two attached hydrogens (primary N) is 1. The Bertz CT molecular complexity index is 875. The van der Waals surface area contributed by atoms with Crippen LogP contribution in [-0.2, 0) is 9.53 Å². The van der Waals surface area contributed by atoms with Crippen LogP contribution in [-0.4, -0.2) is 29.6 Å². The van der Waals surface area contributed by atoms with Gasteiger partial charge in [0.1, 0.15) is 11.1 Å². The number of anilines is 1. The molecular weight excluding hydrogens is 334 g/mol. The maximum absolute atomic E-state index is 12.5. The van der Waals surface area contributed by atoms with Gasteiger partial charge in [-0.1, -0.05) is 24.3 Å². The Kier molecular flexibility index (Phi) is 4.48. The molecule has 0 spiro atoms. The number of hydrogen-bond donors (Lipinski definition) is 2. The third-order valence-corrected chi connectivity index (χ3v) is 5.44. The Morgan fingerprint density at radius 3 is 2.80 bits per heavy atom. The third-order valence-electron chi connectivity index (χ3n) is 4.37. The van der Waals surface area contributed by atoms with E-state index in [4.69, 9.17) is 15.5 Å². The van der Waals surface area contributed by atoms with Crippen molar-refractivity contribution < 1.29 is 9.53 Å². The molecule has 0 bridgehead atoms. The lowest BCUT2D eigenvalue weighted by Gasteiger charge is -2.14. The first-order valence-electron chi connectivity index (χ1n) is 8.36. The normalized spacial score (nSPS) is 20.0. The van der Waals surface area contributed by atoms with Crippen LogP contribution in [0.2, 0.25) is 0 Å². The summed E-state index contributed by atoms with van der Waals surface area (Å²) in [7, 11) is 0. The first-order valence-corrected chi connectivity index (χ1v) is 9.17. The van der Waals surface area contributed by atoms with Crippen LogP contribution < -0.4 is 11.1 Å². The van der Waals surface area contributed by atoms with Gasteiger partial charge < -0.3 is 15.8 Å². The lowest BCUT2D eigenvalue weighted by molar-refractivity contribution is -0.126. The van der Waals surface area contributed by atoms with Crippen molar-refractivity contribution in [2.75, 3.05) is 11.9 Å². The lowest BCUT2D eigenvalue weighted by atomic mass is 10.1. The molecule has 1 aromatic heterocycles. The van der Waals surface area contributed by atoms with Crippen molar-refractivity contribution in [2.24, 2.45) is 5.73 Å². The summed E-state index contributed by atoms with van der Waals surface area (Å²) in [5.41, 5.74) is 8.27. The predicted octanol–water partition coefficient (Wildman–Crippen LogP) is 3.41. The summed E-state index contributed by atoms with van der Waals surface area (Å²) in [5.74, 6) is -0.121. The fourth-order valence-corrected chi connectivity index (χ4v) is 4.06. The van der Waals surface area contributed by atoms with E-state index in [0.717, 1.165) is 32.9 Å². The minimum atomic E-state index is -0.433. The zero-order valence-electron chi connectivity index (χ0n) is 13.6. The fourth-order valence-electron chi connectivity index (χ4n) is 3.05. The number of ether oxygens (including phenoxy) is 1. The molecule has 2 heterocycles. The number of nitrogens with one attached hydrogen (secondary N) is 1. The SMILES string of the molecule is NC[C@H]1CC[C@@H](C(=O)Nc2ccccc2-c2nc3ccccc3s2)O1. The van der Waals surface area contributed by atoms with Crippen LogP contribution in [0.1, 0.15) is 12.8 Å². The van der Waals surface area contributed by atoms with E-state index in [-0.39, 0.29) is 12.0 Å². The standard InChI is InChI=1S/C19H19N3O2S/c20-11-12-9-10-16(24-12)18(23)21-14-6-2-1-5-13(14)19-22-15-7-3-4-8-17(15)25-19/h1-8,12,16H,9-11,20H2,(H,21,23)/t12-,16+/m1/s1. The van der Waals surface area contributed by atoms with E-state index in [1.807, 2.05) is 42.5 Å². The first kappa shape index (κ1) is 16.2. The number of amides is 1. The molecule has 5 nitrogen and oxygen atoms in total. The average molecular weight is 353 g/mol. The highest BCUT2D eigenvalue weighted by atomic mass is 32.1. The minimum Gasteiger partial charge on any atom is -0.364 e. The number of hydrogen-bond acceptors (Lipinski definition) is 5. The van der Waals surface area contributed by atoms with Gasteiger partial charge in [-0.15, -0.1) is 11.3 Å². The van der Waals surface area contributed by atoms with Crippen molar-refractivity contribution in [3.63, 3.8) is 0 Å². The summed E-state index contributed by atoms with van der Waals surface area (Å²) in [6.45, 7) is 0.450. The molecule has 2 aromatic carbocycles. The lowest BCUT2D eigenvalue weighted by Crippen LogP contribution is -2.29. The molecule has 1 fully saturated rings. The maximum atomic E-state index is 12.5. The molecule has 3 N–H and O–H groups in total. The highest BCUT2D eigenvalue weighted by Crippen LogP contribution is 2.34. The van der Waals surface area contributed by atoms with Crippen molar-refractivity contribution in [1.29, 1.82) is 0 Å². The smallest absolute Gasteiger partial charge is 0.253 e. The van der Waals surface area contributed by atoms with Gasteiger partial charge in [0.05, 0.1) is 22.0 Å². The number of carbonyl (C=O) groups is 1. The van der Waals surface area contributed by atoms with E-state index in [0.29, 0.717) is 13.0 Å². The third kappa shape index (κ3) is 3.28. The molecule has 6 heteroatoms. The molecule has 0 unspecified atom stereocenters. The van der Waals surface area contributed by atoms with E-state index >= 15 is 0 Å². The number of thiazole rings is 1. The average Bonchev–Trinajstić information content (AvgIpc) is 3.29. The fraction of sp³-hybridized carbons (Fsp3) is 0.263. The molecular formula is C19H19N3O2S. The van der Waals surface area contributed by atoms with Gasteiger partial charge in [0.25, 0.3) is 5.91 Å². The Morgan fingerprint density at radius 2 is 2.00 bits per heavy atom. The largest absolute Gasteiger partial charge is 0.364 e. The minimum absolute atomic E-state index is 0.0183. The zero-order valence-corrected chi connectivity index (χ0v) is 14.5. The number of rotatable bonds is 4. The Hall–Kier alpha value is -2.28. The Balaban J connectivity index is 1.60. The van der Waals surface area contributed by atoms with Crippen molar-refractivity contribution >= 4 is 33.1 Å². The molecule has 0 aliphatic carbocycles. The Morgan fingerprint density at radius 1 is 1.20 bits per heavy atom. The summed E-state index contributed by atoms with van der Waals surface area (Å²) in [6.07, 6.45) is 1.08. The van der Waals surface area contributed by atoms with Crippen LogP contribution in [0.4, 0.5) is 5.69 Å². The summed E-state index contributed by atoms with van der Waals surface area (Å²) < 4.78 is 6.82. The van der Waals surface area contributed by atoms with Gasteiger partial charge in [-0.3, -0.25) is 4.79 Å². The molecule has 1 aliphatic heterocycles. The molecule has 1 aliphatic rings.